The van der Waals surface area contributed by atoms with Gasteiger partial charge >= 0.3 is 5.97 Å². The summed E-state index contributed by atoms with van der Waals surface area (Å²) < 4.78 is 11.5. The second-order valence-corrected chi connectivity index (χ2v) is 5.26. The maximum atomic E-state index is 11.0. The monoisotopic (exact) mass is 268 g/mol. The van der Waals surface area contributed by atoms with Gasteiger partial charge in [0.2, 0.25) is 0 Å². The van der Waals surface area contributed by atoms with Crippen molar-refractivity contribution in [3.8, 4) is 11.5 Å². The molecule has 18 heavy (non-hydrogen) atoms. The molecule has 0 radical (unpaired) electrons. The standard InChI is InChI=1S/C13H13ClO4/c1-7(12(15)16)8-5-10-11(6-9(8)14)18-13(17-10)3-2-4-13/h5-7H,2-4H2,1H3,(H,15,16). The van der Waals surface area contributed by atoms with Gasteiger partial charge in [0, 0.05) is 23.9 Å². The summed E-state index contributed by atoms with van der Waals surface area (Å²) in [5.41, 5.74) is 0.558. The predicted molar refractivity (Wildman–Crippen MR) is 65.3 cm³/mol. The van der Waals surface area contributed by atoms with Gasteiger partial charge in [0.15, 0.2) is 11.5 Å². The zero-order valence-electron chi connectivity index (χ0n) is 9.90. The number of carbonyl (C=O) groups is 1. The molecule has 1 heterocycles. The molecule has 1 N–H and O–H groups in total. The van der Waals surface area contributed by atoms with Crippen molar-refractivity contribution >= 4 is 17.6 Å². The van der Waals surface area contributed by atoms with Crippen LogP contribution in [0.25, 0.3) is 0 Å². The van der Waals surface area contributed by atoms with Gasteiger partial charge in [-0.1, -0.05) is 11.6 Å². The highest BCUT2D eigenvalue weighted by Crippen LogP contribution is 2.50. The summed E-state index contributed by atoms with van der Waals surface area (Å²) >= 11 is 6.10. The van der Waals surface area contributed by atoms with E-state index in [0.717, 1.165) is 19.3 Å². The fourth-order valence-electron chi connectivity index (χ4n) is 2.27. The van der Waals surface area contributed by atoms with Crippen LogP contribution in [0.5, 0.6) is 11.5 Å². The number of carboxylic acids is 1. The van der Waals surface area contributed by atoms with E-state index in [1.54, 1.807) is 19.1 Å². The molecule has 1 saturated carbocycles. The summed E-state index contributed by atoms with van der Waals surface area (Å²) in [6.07, 6.45) is 2.81. The quantitative estimate of drug-likeness (QED) is 0.895. The van der Waals surface area contributed by atoms with E-state index in [4.69, 9.17) is 26.2 Å². The molecular formula is C13H13ClO4. The average Bonchev–Trinajstić information content (AvgIpc) is 2.65. The Hall–Kier alpha value is -1.42. The number of hydrogen-bond acceptors (Lipinski definition) is 3. The lowest BCUT2D eigenvalue weighted by Crippen LogP contribution is -2.45. The van der Waals surface area contributed by atoms with Crippen molar-refractivity contribution in [2.24, 2.45) is 0 Å². The molecule has 0 amide bonds. The van der Waals surface area contributed by atoms with E-state index in [1.165, 1.54) is 0 Å². The van der Waals surface area contributed by atoms with E-state index in [-0.39, 0.29) is 0 Å². The topological polar surface area (TPSA) is 55.8 Å². The molecule has 0 saturated heterocycles. The number of benzene rings is 1. The molecule has 1 aromatic rings. The van der Waals surface area contributed by atoms with Crippen LogP contribution in [0.15, 0.2) is 12.1 Å². The largest absolute Gasteiger partial charge is 0.481 e. The Morgan fingerprint density at radius 3 is 2.50 bits per heavy atom. The molecular weight excluding hydrogens is 256 g/mol. The van der Waals surface area contributed by atoms with Gasteiger partial charge < -0.3 is 14.6 Å². The fraction of sp³-hybridized carbons (Fsp3) is 0.462. The first-order valence-corrected chi connectivity index (χ1v) is 6.33. The molecule has 2 aliphatic rings. The van der Waals surface area contributed by atoms with Crippen molar-refractivity contribution in [2.45, 2.75) is 37.9 Å². The third-order valence-electron chi connectivity index (χ3n) is 3.61. The highest BCUT2D eigenvalue weighted by atomic mass is 35.5. The number of ether oxygens (including phenoxy) is 2. The van der Waals surface area contributed by atoms with Crippen LogP contribution in [0, 0.1) is 0 Å². The molecule has 0 aromatic heterocycles. The molecule has 96 valence electrons. The minimum atomic E-state index is -0.908. The smallest absolute Gasteiger partial charge is 0.310 e. The van der Waals surface area contributed by atoms with Crippen molar-refractivity contribution in [1.29, 1.82) is 0 Å². The molecule has 5 heteroatoms. The summed E-state index contributed by atoms with van der Waals surface area (Å²) in [5.74, 6) is -0.877. The van der Waals surface area contributed by atoms with Crippen molar-refractivity contribution < 1.29 is 19.4 Å². The Kier molecular flexibility index (Phi) is 2.45. The minimum absolute atomic E-state index is 0.406. The summed E-state index contributed by atoms with van der Waals surface area (Å²) in [6.45, 7) is 1.60. The normalized spacial score (nSPS) is 20.6. The Morgan fingerprint density at radius 1 is 1.39 bits per heavy atom. The zero-order chi connectivity index (χ0) is 12.9. The van der Waals surface area contributed by atoms with Crippen molar-refractivity contribution in [1.82, 2.24) is 0 Å². The summed E-state index contributed by atoms with van der Waals surface area (Å²) in [5, 5.41) is 9.44. The lowest BCUT2D eigenvalue weighted by molar-refractivity contribution is -0.138. The first kappa shape index (κ1) is 11.7. The Labute approximate surface area is 109 Å². The summed E-state index contributed by atoms with van der Waals surface area (Å²) in [4.78, 5) is 11.0. The minimum Gasteiger partial charge on any atom is -0.481 e. The molecule has 1 spiro atoms. The third kappa shape index (κ3) is 1.63. The van der Waals surface area contributed by atoms with Crippen LogP contribution < -0.4 is 9.47 Å². The van der Waals surface area contributed by atoms with Gasteiger partial charge in [-0.15, -0.1) is 0 Å². The van der Waals surface area contributed by atoms with Crippen LogP contribution in [0.1, 0.15) is 37.7 Å². The first-order chi connectivity index (χ1) is 8.51. The maximum Gasteiger partial charge on any atom is 0.310 e. The van der Waals surface area contributed by atoms with Crippen LogP contribution >= 0.6 is 11.6 Å². The van der Waals surface area contributed by atoms with Crippen LogP contribution in [0.3, 0.4) is 0 Å². The Morgan fingerprint density at radius 2 is 2.00 bits per heavy atom. The lowest BCUT2D eigenvalue weighted by atomic mass is 9.91. The van der Waals surface area contributed by atoms with Crippen LogP contribution in [-0.4, -0.2) is 16.9 Å². The van der Waals surface area contributed by atoms with E-state index in [2.05, 4.69) is 0 Å². The van der Waals surface area contributed by atoms with Crippen LogP contribution in [0.4, 0.5) is 0 Å². The van der Waals surface area contributed by atoms with Crippen molar-refractivity contribution in [3.05, 3.63) is 22.7 Å². The zero-order valence-corrected chi connectivity index (χ0v) is 10.7. The molecule has 1 atom stereocenters. The highest BCUT2D eigenvalue weighted by molar-refractivity contribution is 6.31. The number of hydrogen-bond donors (Lipinski definition) is 1. The van der Waals surface area contributed by atoms with E-state index in [0.29, 0.717) is 22.1 Å². The van der Waals surface area contributed by atoms with E-state index >= 15 is 0 Å². The van der Waals surface area contributed by atoms with Crippen molar-refractivity contribution in [3.63, 3.8) is 0 Å². The molecule has 1 aliphatic heterocycles. The van der Waals surface area contributed by atoms with Gasteiger partial charge in [-0.2, -0.15) is 0 Å². The summed E-state index contributed by atoms with van der Waals surface area (Å²) in [6, 6.07) is 3.34. The molecule has 3 rings (SSSR count). The molecule has 1 unspecified atom stereocenters. The highest BCUT2D eigenvalue weighted by Gasteiger charge is 2.47. The molecule has 0 bridgehead atoms. The number of aliphatic carboxylic acids is 1. The Balaban J connectivity index is 1.97. The molecule has 1 aromatic carbocycles. The van der Waals surface area contributed by atoms with E-state index < -0.39 is 17.7 Å². The lowest BCUT2D eigenvalue weighted by Gasteiger charge is -2.35. The summed E-state index contributed by atoms with van der Waals surface area (Å²) in [7, 11) is 0. The van der Waals surface area contributed by atoms with Gasteiger partial charge in [-0.25, -0.2) is 0 Å². The SMILES string of the molecule is CC(C(=O)O)c1cc2c(cc1Cl)OC1(CCC1)O2. The average molecular weight is 269 g/mol. The third-order valence-corrected chi connectivity index (χ3v) is 3.93. The molecule has 4 nitrogen and oxygen atoms in total. The fourth-order valence-corrected chi connectivity index (χ4v) is 2.58. The van der Waals surface area contributed by atoms with Gasteiger partial charge in [0.25, 0.3) is 5.79 Å². The number of carboxylic acid groups (broad SMARTS) is 1. The van der Waals surface area contributed by atoms with Gasteiger partial charge in [-0.05, 0) is 25.0 Å². The van der Waals surface area contributed by atoms with Gasteiger partial charge in [-0.3, -0.25) is 4.79 Å². The number of halogens is 1. The predicted octanol–water partition coefficient (Wildman–Crippen LogP) is 3.18. The van der Waals surface area contributed by atoms with E-state index in [9.17, 15) is 4.79 Å². The molecule has 1 aliphatic carbocycles. The number of fused-ring (bicyclic) bond motifs is 1. The van der Waals surface area contributed by atoms with Gasteiger partial charge in [0.05, 0.1) is 5.92 Å². The molecule has 1 fully saturated rings. The Bertz CT molecular complexity index is 522. The van der Waals surface area contributed by atoms with Crippen LogP contribution in [0.2, 0.25) is 5.02 Å². The maximum absolute atomic E-state index is 11.0. The van der Waals surface area contributed by atoms with Crippen LogP contribution in [-0.2, 0) is 4.79 Å². The second kappa shape index (κ2) is 3.79. The second-order valence-electron chi connectivity index (χ2n) is 4.85. The number of rotatable bonds is 2. The first-order valence-electron chi connectivity index (χ1n) is 5.95. The van der Waals surface area contributed by atoms with Gasteiger partial charge in [0.1, 0.15) is 0 Å². The van der Waals surface area contributed by atoms with E-state index in [1.807, 2.05) is 0 Å². The van der Waals surface area contributed by atoms with Crippen molar-refractivity contribution in [2.75, 3.05) is 0 Å².